The van der Waals surface area contributed by atoms with Crippen LogP contribution in [0.15, 0.2) is 4.99 Å². The van der Waals surface area contributed by atoms with Crippen LogP contribution < -0.4 is 0 Å². The third kappa shape index (κ3) is 2.04. The number of ether oxygens (including phenoxy) is 1. The van der Waals surface area contributed by atoms with Crippen molar-refractivity contribution >= 4 is 5.90 Å². The van der Waals surface area contributed by atoms with Gasteiger partial charge in [-0.25, -0.2) is 0 Å². The van der Waals surface area contributed by atoms with Crippen LogP contribution in [0, 0.1) is 5.92 Å². The van der Waals surface area contributed by atoms with Crippen LogP contribution in [0.3, 0.4) is 0 Å². The van der Waals surface area contributed by atoms with E-state index in [-0.39, 0.29) is 7.43 Å². The lowest BCUT2D eigenvalue weighted by molar-refractivity contribution is 0.328. The summed E-state index contributed by atoms with van der Waals surface area (Å²) in [6, 6.07) is 0. The van der Waals surface area contributed by atoms with E-state index < -0.39 is 0 Å². The molecule has 0 atom stereocenters. The molecule has 0 fully saturated rings. The molecule has 0 aromatic carbocycles. The van der Waals surface area contributed by atoms with Gasteiger partial charge in [0.2, 0.25) is 0 Å². The van der Waals surface area contributed by atoms with Crippen LogP contribution in [0.1, 0.15) is 21.3 Å². The van der Waals surface area contributed by atoms with Gasteiger partial charge in [0.1, 0.15) is 6.61 Å². The van der Waals surface area contributed by atoms with Crippen LogP contribution in [-0.2, 0) is 4.74 Å². The lowest BCUT2D eigenvalue weighted by atomic mass is 10.2. The summed E-state index contributed by atoms with van der Waals surface area (Å²) in [5, 5.41) is 0. The van der Waals surface area contributed by atoms with Gasteiger partial charge in [0.15, 0.2) is 5.90 Å². The largest absolute Gasteiger partial charge is 0.479 e. The number of nitrogens with zero attached hydrogens (tertiary/aromatic N) is 1. The molecule has 2 nitrogen and oxygen atoms in total. The number of rotatable bonds is 1. The Morgan fingerprint density at radius 2 is 2.22 bits per heavy atom. The van der Waals surface area contributed by atoms with E-state index in [0.29, 0.717) is 5.92 Å². The summed E-state index contributed by atoms with van der Waals surface area (Å²) >= 11 is 0. The van der Waals surface area contributed by atoms with Gasteiger partial charge in [-0.1, -0.05) is 21.3 Å². The van der Waals surface area contributed by atoms with Gasteiger partial charge in [0.05, 0.1) is 6.54 Å². The van der Waals surface area contributed by atoms with Crippen molar-refractivity contribution in [2.24, 2.45) is 10.9 Å². The van der Waals surface area contributed by atoms with E-state index in [1.54, 1.807) is 0 Å². The fourth-order valence-electron chi connectivity index (χ4n) is 0.701. The topological polar surface area (TPSA) is 21.6 Å². The van der Waals surface area contributed by atoms with E-state index >= 15 is 0 Å². The Bertz CT molecular complexity index is 107. The molecule has 1 heterocycles. The molecule has 0 aromatic rings. The molecule has 0 saturated carbocycles. The molecule has 1 aliphatic heterocycles. The van der Waals surface area contributed by atoms with E-state index in [4.69, 9.17) is 4.74 Å². The van der Waals surface area contributed by atoms with Gasteiger partial charge >= 0.3 is 0 Å². The smallest absolute Gasteiger partial charge is 0.186 e. The Morgan fingerprint density at radius 1 is 1.56 bits per heavy atom. The maximum Gasteiger partial charge on any atom is 0.186 e. The molecule has 0 spiro atoms. The van der Waals surface area contributed by atoms with Crippen LogP contribution in [-0.4, -0.2) is 19.0 Å². The number of hydrogen-bond acceptors (Lipinski definition) is 2. The van der Waals surface area contributed by atoms with Crippen molar-refractivity contribution in [1.29, 1.82) is 0 Å². The van der Waals surface area contributed by atoms with Crippen molar-refractivity contribution in [2.75, 3.05) is 13.2 Å². The zero-order valence-electron chi connectivity index (χ0n) is 5.35. The predicted molar refractivity (Wildman–Crippen MR) is 39.8 cm³/mol. The first-order chi connectivity index (χ1) is 3.80. The third-order valence-electron chi connectivity index (χ3n) is 1.10. The quantitative estimate of drug-likeness (QED) is 0.528. The number of aliphatic imine (C=N–C) groups is 1. The van der Waals surface area contributed by atoms with Gasteiger partial charge in [-0.3, -0.25) is 4.99 Å². The second-order valence-electron chi connectivity index (χ2n) is 2.22. The summed E-state index contributed by atoms with van der Waals surface area (Å²) in [5.41, 5.74) is 0. The van der Waals surface area contributed by atoms with E-state index in [1.165, 1.54) is 0 Å². The summed E-state index contributed by atoms with van der Waals surface area (Å²) in [5.74, 6) is 1.39. The third-order valence-corrected chi connectivity index (χ3v) is 1.10. The van der Waals surface area contributed by atoms with Gasteiger partial charge in [-0.05, 0) is 0 Å². The van der Waals surface area contributed by atoms with Crippen LogP contribution >= 0.6 is 0 Å². The van der Waals surface area contributed by atoms with Crippen LogP contribution in [0.4, 0.5) is 0 Å². The molecule has 0 saturated heterocycles. The van der Waals surface area contributed by atoms with E-state index in [1.807, 2.05) is 0 Å². The molecular weight excluding hydrogens is 114 g/mol. The second-order valence-corrected chi connectivity index (χ2v) is 2.22. The van der Waals surface area contributed by atoms with Crippen molar-refractivity contribution in [3.8, 4) is 0 Å². The highest BCUT2D eigenvalue weighted by atomic mass is 16.5. The van der Waals surface area contributed by atoms with Crippen molar-refractivity contribution in [3.05, 3.63) is 0 Å². The molecule has 0 aromatic heterocycles. The molecule has 54 valence electrons. The molecule has 0 unspecified atom stereocenters. The zero-order valence-corrected chi connectivity index (χ0v) is 5.35. The first-order valence-corrected chi connectivity index (χ1v) is 2.98. The summed E-state index contributed by atoms with van der Waals surface area (Å²) in [7, 11) is 0. The van der Waals surface area contributed by atoms with E-state index in [0.717, 1.165) is 19.0 Å². The Balaban J connectivity index is 0.000000640. The maximum atomic E-state index is 5.16. The molecule has 0 N–H and O–H groups in total. The number of hydrogen-bond donors (Lipinski definition) is 0. The van der Waals surface area contributed by atoms with Crippen molar-refractivity contribution < 1.29 is 4.74 Å². The van der Waals surface area contributed by atoms with Gasteiger partial charge < -0.3 is 4.74 Å². The lowest BCUT2D eigenvalue weighted by Crippen LogP contribution is -2.06. The fraction of sp³-hybridized carbons (Fsp3) is 0.857. The predicted octanol–water partition coefficient (Wildman–Crippen LogP) is 1.71. The van der Waals surface area contributed by atoms with Gasteiger partial charge in [-0.15, -0.1) is 0 Å². The average Bonchev–Trinajstić information content (AvgIpc) is 2.12. The first-order valence-electron chi connectivity index (χ1n) is 2.98. The highest BCUT2D eigenvalue weighted by molar-refractivity contribution is 5.79. The van der Waals surface area contributed by atoms with Gasteiger partial charge in [0, 0.05) is 5.92 Å². The minimum absolute atomic E-state index is 0. The van der Waals surface area contributed by atoms with Crippen LogP contribution in [0.25, 0.3) is 0 Å². The lowest BCUT2D eigenvalue weighted by Gasteiger charge is -2.01. The average molecular weight is 129 g/mol. The molecule has 0 aliphatic carbocycles. The minimum Gasteiger partial charge on any atom is -0.479 e. The molecule has 0 radical (unpaired) electrons. The molecule has 1 aliphatic rings. The Morgan fingerprint density at radius 3 is 2.44 bits per heavy atom. The van der Waals surface area contributed by atoms with Crippen LogP contribution in [0.2, 0.25) is 0 Å². The Labute approximate surface area is 56.9 Å². The molecule has 2 heteroatoms. The monoisotopic (exact) mass is 129 g/mol. The zero-order chi connectivity index (χ0) is 5.98. The van der Waals surface area contributed by atoms with Gasteiger partial charge in [0.25, 0.3) is 0 Å². The Hall–Kier alpha value is -0.530. The SMILES string of the molecule is C.CC(C)C1=NCCO1. The molecule has 1 rings (SSSR count). The van der Waals surface area contributed by atoms with E-state index in [9.17, 15) is 0 Å². The summed E-state index contributed by atoms with van der Waals surface area (Å²) in [6.45, 7) is 5.81. The molecule has 0 amide bonds. The van der Waals surface area contributed by atoms with Crippen molar-refractivity contribution in [2.45, 2.75) is 21.3 Å². The highest BCUT2D eigenvalue weighted by Gasteiger charge is 2.09. The summed E-state index contributed by atoms with van der Waals surface area (Å²) < 4.78 is 5.16. The van der Waals surface area contributed by atoms with Crippen molar-refractivity contribution in [3.63, 3.8) is 0 Å². The molecule has 9 heavy (non-hydrogen) atoms. The second kappa shape index (κ2) is 3.49. The fourth-order valence-corrected chi connectivity index (χ4v) is 0.701. The normalized spacial score (nSPS) is 16.6. The molecular formula is C7H15NO. The Kier molecular flexibility index (Phi) is 3.28. The summed E-state index contributed by atoms with van der Waals surface area (Å²) in [6.07, 6.45) is 0. The maximum absolute atomic E-state index is 5.16. The van der Waals surface area contributed by atoms with Crippen LogP contribution in [0.5, 0.6) is 0 Å². The minimum atomic E-state index is 0. The van der Waals surface area contributed by atoms with Gasteiger partial charge in [-0.2, -0.15) is 0 Å². The first kappa shape index (κ1) is 8.47. The van der Waals surface area contributed by atoms with E-state index in [2.05, 4.69) is 18.8 Å². The standard InChI is InChI=1S/C6H11NO.CH4/c1-5(2)6-7-3-4-8-6;/h5H,3-4H2,1-2H3;1H4. The van der Waals surface area contributed by atoms with Crippen molar-refractivity contribution in [1.82, 2.24) is 0 Å². The summed E-state index contributed by atoms with van der Waals surface area (Å²) in [4.78, 5) is 4.13. The highest BCUT2D eigenvalue weighted by Crippen LogP contribution is 2.03. The molecule has 0 bridgehead atoms.